The van der Waals surface area contributed by atoms with Crippen molar-refractivity contribution in [2.75, 3.05) is 40.4 Å². The highest BCUT2D eigenvalue weighted by atomic mass is 16.5. The van der Waals surface area contributed by atoms with Gasteiger partial charge in [-0.2, -0.15) is 0 Å². The van der Waals surface area contributed by atoms with Crippen LogP contribution in [0, 0.1) is 0 Å². The van der Waals surface area contributed by atoms with Crippen molar-refractivity contribution in [2.24, 2.45) is 0 Å². The molecule has 118 valence electrons. The van der Waals surface area contributed by atoms with Crippen molar-refractivity contribution in [2.45, 2.75) is 20.3 Å². The van der Waals surface area contributed by atoms with E-state index in [-0.39, 0.29) is 5.91 Å². The fourth-order valence-corrected chi connectivity index (χ4v) is 1.84. The van der Waals surface area contributed by atoms with E-state index in [1.807, 2.05) is 14.0 Å². The van der Waals surface area contributed by atoms with E-state index in [1.165, 1.54) is 0 Å². The van der Waals surface area contributed by atoms with E-state index in [4.69, 9.17) is 9.47 Å². The molecule has 0 fully saturated rings. The van der Waals surface area contributed by atoms with Crippen LogP contribution in [-0.4, -0.2) is 51.2 Å². The molecule has 1 N–H and O–H groups in total. The lowest BCUT2D eigenvalue weighted by Crippen LogP contribution is -2.32. The summed E-state index contributed by atoms with van der Waals surface area (Å²) in [6.07, 6.45) is 0.930. The van der Waals surface area contributed by atoms with Crippen LogP contribution in [0.4, 0.5) is 0 Å². The van der Waals surface area contributed by atoms with Gasteiger partial charge in [0.25, 0.3) is 5.91 Å². The van der Waals surface area contributed by atoms with Gasteiger partial charge in [0, 0.05) is 25.7 Å². The molecule has 1 aromatic rings. The van der Waals surface area contributed by atoms with Gasteiger partial charge in [-0.3, -0.25) is 4.79 Å². The molecule has 0 saturated heterocycles. The topological polar surface area (TPSA) is 50.8 Å². The number of nitrogens with one attached hydrogen (secondary N) is 1. The Kier molecular flexibility index (Phi) is 7.61. The zero-order valence-corrected chi connectivity index (χ0v) is 13.4. The number of benzene rings is 1. The smallest absolute Gasteiger partial charge is 0.253 e. The number of hydrogen-bond acceptors (Lipinski definition) is 4. The Morgan fingerprint density at radius 1 is 1.24 bits per heavy atom. The first-order valence-electron chi connectivity index (χ1n) is 7.43. The van der Waals surface area contributed by atoms with Crippen molar-refractivity contribution in [3.05, 3.63) is 23.8 Å². The summed E-state index contributed by atoms with van der Waals surface area (Å²) < 4.78 is 11.2. The molecule has 0 aliphatic rings. The van der Waals surface area contributed by atoms with E-state index in [0.717, 1.165) is 13.0 Å². The average Bonchev–Trinajstić information content (AvgIpc) is 2.50. The normalized spacial score (nSPS) is 10.3. The van der Waals surface area contributed by atoms with Gasteiger partial charge in [-0.25, -0.2) is 0 Å². The SMILES string of the molecule is CCCOc1ccc(C(=O)N(C)CCNC)cc1OCC. The van der Waals surface area contributed by atoms with Crippen molar-refractivity contribution in [1.29, 1.82) is 0 Å². The van der Waals surface area contributed by atoms with Crippen LogP contribution in [-0.2, 0) is 0 Å². The van der Waals surface area contributed by atoms with E-state index in [0.29, 0.717) is 36.8 Å². The monoisotopic (exact) mass is 294 g/mol. The summed E-state index contributed by atoms with van der Waals surface area (Å²) in [5, 5.41) is 3.03. The molecule has 0 saturated carbocycles. The Morgan fingerprint density at radius 2 is 2.00 bits per heavy atom. The van der Waals surface area contributed by atoms with Gasteiger partial charge < -0.3 is 19.7 Å². The molecule has 1 rings (SSSR count). The van der Waals surface area contributed by atoms with E-state index < -0.39 is 0 Å². The van der Waals surface area contributed by atoms with Gasteiger partial charge in [0.15, 0.2) is 11.5 Å². The molecule has 0 aliphatic heterocycles. The summed E-state index contributed by atoms with van der Waals surface area (Å²) in [4.78, 5) is 14.0. The molecule has 1 amide bonds. The van der Waals surface area contributed by atoms with Gasteiger partial charge >= 0.3 is 0 Å². The lowest BCUT2D eigenvalue weighted by atomic mass is 10.1. The van der Waals surface area contributed by atoms with Gasteiger partial charge in [0.1, 0.15) is 0 Å². The Hall–Kier alpha value is -1.75. The summed E-state index contributed by atoms with van der Waals surface area (Å²) in [7, 11) is 3.66. The maximum Gasteiger partial charge on any atom is 0.253 e. The quantitative estimate of drug-likeness (QED) is 0.758. The molecule has 21 heavy (non-hydrogen) atoms. The molecule has 0 radical (unpaired) electrons. The highest BCUT2D eigenvalue weighted by molar-refractivity contribution is 5.94. The van der Waals surface area contributed by atoms with Crippen molar-refractivity contribution in [1.82, 2.24) is 10.2 Å². The summed E-state index contributed by atoms with van der Waals surface area (Å²) in [5.74, 6) is 1.29. The molecule has 0 spiro atoms. The van der Waals surface area contributed by atoms with Crippen molar-refractivity contribution < 1.29 is 14.3 Å². The van der Waals surface area contributed by atoms with Gasteiger partial charge in [0.05, 0.1) is 13.2 Å². The number of carbonyl (C=O) groups is 1. The van der Waals surface area contributed by atoms with E-state index in [2.05, 4.69) is 12.2 Å². The van der Waals surface area contributed by atoms with Crippen LogP contribution in [0.25, 0.3) is 0 Å². The number of hydrogen-bond donors (Lipinski definition) is 1. The molecule has 0 aromatic heterocycles. The summed E-state index contributed by atoms with van der Waals surface area (Å²) in [6.45, 7) is 6.56. The second-order valence-electron chi connectivity index (χ2n) is 4.77. The summed E-state index contributed by atoms with van der Waals surface area (Å²) in [6, 6.07) is 5.35. The van der Waals surface area contributed by atoms with Crippen LogP contribution in [0.3, 0.4) is 0 Å². The minimum Gasteiger partial charge on any atom is -0.490 e. The average molecular weight is 294 g/mol. The second kappa shape index (κ2) is 9.23. The lowest BCUT2D eigenvalue weighted by molar-refractivity contribution is 0.0796. The van der Waals surface area contributed by atoms with Crippen molar-refractivity contribution in [3.8, 4) is 11.5 Å². The largest absolute Gasteiger partial charge is 0.490 e. The zero-order valence-electron chi connectivity index (χ0n) is 13.4. The van der Waals surface area contributed by atoms with Crippen LogP contribution < -0.4 is 14.8 Å². The number of nitrogens with zero attached hydrogens (tertiary/aromatic N) is 1. The number of ether oxygens (including phenoxy) is 2. The predicted molar refractivity (Wildman–Crippen MR) is 84.3 cm³/mol. The van der Waals surface area contributed by atoms with Crippen LogP contribution in [0.5, 0.6) is 11.5 Å². The van der Waals surface area contributed by atoms with Crippen LogP contribution in [0.2, 0.25) is 0 Å². The summed E-state index contributed by atoms with van der Waals surface area (Å²) >= 11 is 0. The number of rotatable bonds is 9. The first kappa shape index (κ1) is 17.3. The van der Waals surface area contributed by atoms with Gasteiger partial charge in [-0.05, 0) is 38.6 Å². The highest BCUT2D eigenvalue weighted by Crippen LogP contribution is 2.29. The lowest BCUT2D eigenvalue weighted by Gasteiger charge is -2.18. The second-order valence-corrected chi connectivity index (χ2v) is 4.77. The predicted octanol–water partition coefficient (Wildman–Crippen LogP) is 2.17. The standard InChI is InChI=1S/C16H26N2O3/c1-5-11-21-14-8-7-13(12-15(14)20-6-2)16(19)18(4)10-9-17-3/h7-8,12,17H,5-6,9-11H2,1-4H3. The Morgan fingerprint density at radius 3 is 2.62 bits per heavy atom. The molecule has 1 aromatic carbocycles. The van der Waals surface area contributed by atoms with E-state index in [9.17, 15) is 4.79 Å². The van der Waals surface area contributed by atoms with Gasteiger partial charge in [-0.1, -0.05) is 6.92 Å². The fourth-order valence-electron chi connectivity index (χ4n) is 1.84. The van der Waals surface area contributed by atoms with Crippen LogP contribution in [0.1, 0.15) is 30.6 Å². The third kappa shape index (κ3) is 5.27. The molecule has 0 bridgehead atoms. The Bertz CT molecular complexity index is 449. The molecular formula is C16H26N2O3. The summed E-state index contributed by atoms with van der Waals surface area (Å²) in [5.41, 5.74) is 0.612. The van der Waals surface area contributed by atoms with E-state index >= 15 is 0 Å². The molecule has 5 nitrogen and oxygen atoms in total. The molecular weight excluding hydrogens is 268 g/mol. The van der Waals surface area contributed by atoms with Crippen molar-refractivity contribution >= 4 is 5.91 Å². The number of amides is 1. The van der Waals surface area contributed by atoms with Crippen LogP contribution >= 0.6 is 0 Å². The molecule has 0 heterocycles. The third-order valence-electron chi connectivity index (χ3n) is 3.00. The van der Waals surface area contributed by atoms with Crippen molar-refractivity contribution in [3.63, 3.8) is 0 Å². The fraction of sp³-hybridized carbons (Fsp3) is 0.562. The number of carbonyl (C=O) groups excluding carboxylic acids is 1. The molecule has 5 heteroatoms. The Labute approximate surface area is 127 Å². The minimum absolute atomic E-state index is 0.0201. The zero-order chi connectivity index (χ0) is 15.7. The first-order chi connectivity index (χ1) is 10.1. The highest BCUT2D eigenvalue weighted by Gasteiger charge is 2.14. The molecule has 0 unspecified atom stereocenters. The molecule has 0 aliphatic carbocycles. The van der Waals surface area contributed by atoms with E-state index in [1.54, 1.807) is 30.1 Å². The first-order valence-corrected chi connectivity index (χ1v) is 7.43. The van der Waals surface area contributed by atoms with Gasteiger partial charge in [0.2, 0.25) is 0 Å². The Balaban J connectivity index is 2.88. The van der Waals surface area contributed by atoms with Gasteiger partial charge in [-0.15, -0.1) is 0 Å². The third-order valence-corrected chi connectivity index (χ3v) is 3.00. The maximum absolute atomic E-state index is 12.3. The maximum atomic E-state index is 12.3. The minimum atomic E-state index is -0.0201. The number of likely N-dealkylation sites (N-methyl/N-ethyl adjacent to an activating group) is 2. The van der Waals surface area contributed by atoms with Crippen LogP contribution in [0.15, 0.2) is 18.2 Å². The molecule has 0 atom stereocenters.